The quantitative estimate of drug-likeness (QED) is 0.488. The summed E-state index contributed by atoms with van der Waals surface area (Å²) in [7, 11) is 0. The van der Waals surface area contributed by atoms with Gasteiger partial charge in [-0.1, -0.05) is 0 Å². The summed E-state index contributed by atoms with van der Waals surface area (Å²) in [6.45, 7) is 1.92. The fourth-order valence-electron chi connectivity index (χ4n) is 0.948. The van der Waals surface area contributed by atoms with Gasteiger partial charge in [0.25, 0.3) is 0 Å². The molecule has 0 fully saturated rings. The Morgan fingerprint density at radius 2 is 2.07 bits per heavy atom. The van der Waals surface area contributed by atoms with Crippen LogP contribution < -0.4 is 10.5 Å². The number of aliphatic hydroxyl groups is 1. The van der Waals surface area contributed by atoms with Crippen molar-refractivity contribution in [3.05, 3.63) is 29.8 Å². The van der Waals surface area contributed by atoms with Crippen LogP contribution in [0.25, 0.3) is 0 Å². The normalized spacial score (nSPS) is 12.1. The predicted molar refractivity (Wildman–Crippen MR) is 54.6 cm³/mol. The van der Waals surface area contributed by atoms with Crippen molar-refractivity contribution in [2.45, 2.75) is 13.0 Å². The Balaban J connectivity index is 2.60. The molecule has 0 aliphatic heterocycles. The second-order valence-corrected chi connectivity index (χ2v) is 3.10. The van der Waals surface area contributed by atoms with E-state index in [0.29, 0.717) is 11.3 Å². The molecular formula is C10H14N2O2. The zero-order chi connectivity index (χ0) is 10.6. The molecule has 4 heteroatoms. The highest BCUT2D eigenvalue weighted by Gasteiger charge is 1.99. The van der Waals surface area contributed by atoms with Crippen molar-refractivity contribution >= 4 is 5.84 Å². The number of rotatable bonds is 4. The Morgan fingerprint density at radius 1 is 1.50 bits per heavy atom. The van der Waals surface area contributed by atoms with E-state index >= 15 is 0 Å². The van der Waals surface area contributed by atoms with E-state index in [2.05, 4.69) is 0 Å². The average molecular weight is 194 g/mol. The molecule has 4 nitrogen and oxygen atoms in total. The van der Waals surface area contributed by atoms with Gasteiger partial charge in [-0.2, -0.15) is 0 Å². The van der Waals surface area contributed by atoms with Gasteiger partial charge in [-0.15, -0.1) is 0 Å². The minimum atomic E-state index is -0.484. The first-order valence-corrected chi connectivity index (χ1v) is 4.35. The second kappa shape index (κ2) is 4.62. The van der Waals surface area contributed by atoms with Gasteiger partial charge in [-0.3, -0.25) is 5.41 Å². The molecule has 0 saturated carbocycles. The first-order valence-electron chi connectivity index (χ1n) is 4.35. The topological polar surface area (TPSA) is 79.3 Å². The molecule has 0 bridgehead atoms. The van der Waals surface area contributed by atoms with E-state index in [1.807, 2.05) is 0 Å². The Kier molecular flexibility index (Phi) is 3.48. The predicted octanol–water partition coefficient (Wildman–Crippen LogP) is 0.730. The number of benzene rings is 1. The van der Waals surface area contributed by atoms with Gasteiger partial charge in [0.05, 0.1) is 6.10 Å². The maximum atomic E-state index is 8.98. The molecule has 0 amide bonds. The Morgan fingerprint density at radius 3 is 2.50 bits per heavy atom. The van der Waals surface area contributed by atoms with Crippen molar-refractivity contribution in [3.8, 4) is 5.75 Å². The number of aliphatic hydroxyl groups excluding tert-OH is 1. The van der Waals surface area contributed by atoms with Crippen molar-refractivity contribution in [1.82, 2.24) is 0 Å². The van der Waals surface area contributed by atoms with E-state index in [0.717, 1.165) is 0 Å². The molecule has 1 rings (SSSR count). The smallest absolute Gasteiger partial charge is 0.122 e. The van der Waals surface area contributed by atoms with E-state index < -0.39 is 6.10 Å². The summed E-state index contributed by atoms with van der Waals surface area (Å²) in [6.07, 6.45) is -0.484. The largest absolute Gasteiger partial charge is 0.491 e. The summed E-state index contributed by atoms with van der Waals surface area (Å²) in [6, 6.07) is 6.86. The summed E-state index contributed by atoms with van der Waals surface area (Å²) >= 11 is 0. The van der Waals surface area contributed by atoms with Crippen LogP contribution in [0.5, 0.6) is 5.75 Å². The number of amidine groups is 1. The molecule has 76 valence electrons. The molecule has 1 aromatic rings. The van der Waals surface area contributed by atoms with Crippen LogP contribution in [0.3, 0.4) is 0 Å². The van der Waals surface area contributed by atoms with Crippen LogP contribution in [0.15, 0.2) is 24.3 Å². The maximum absolute atomic E-state index is 8.98. The third-order valence-electron chi connectivity index (χ3n) is 1.66. The lowest BCUT2D eigenvalue weighted by atomic mass is 10.2. The Bertz CT molecular complexity index is 306. The van der Waals surface area contributed by atoms with E-state index in [-0.39, 0.29) is 12.4 Å². The lowest BCUT2D eigenvalue weighted by Crippen LogP contribution is -2.13. The summed E-state index contributed by atoms with van der Waals surface area (Å²) < 4.78 is 5.24. The van der Waals surface area contributed by atoms with Gasteiger partial charge in [0.1, 0.15) is 18.2 Å². The fraction of sp³-hybridized carbons (Fsp3) is 0.300. The monoisotopic (exact) mass is 194 g/mol. The minimum absolute atomic E-state index is 0.0343. The second-order valence-electron chi connectivity index (χ2n) is 3.10. The third-order valence-corrected chi connectivity index (χ3v) is 1.66. The van der Waals surface area contributed by atoms with Crippen molar-refractivity contribution in [2.24, 2.45) is 5.73 Å². The molecule has 0 aliphatic carbocycles. The average Bonchev–Trinajstić information content (AvgIpc) is 2.15. The van der Waals surface area contributed by atoms with Crippen molar-refractivity contribution < 1.29 is 9.84 Å². The van der Waals surface area contributed by atoms with Crippen LogP contribution in [-0.2, 0) is 0 Å². The summed E-state index contributed by atoms with van der Waals surface area (Å²) in [4.78, 5) is 0. The highest BCUT2D eigenvalue weighted by Crippen LogP contribution is 2.11. The fourth-order valence-corrected chi connectivity index (χ4v) is 0.948. The number of hydrogen-bond acceptors (Lipinski definition) is 3. The van der Waals surface area contributed by atoms with Crippen LogP contribution in [-0.4, -0.2) is 23.7 Å². The number of nitrogens with one attached hydrogen (secondary N) is 1. The molecule has 1 atom stereocenters. The van der Waals surface area contributed by atoms with Crippen molar-refractivity contribution in [3.63, 3.8) is 0 Å². The third kappa shape index (κ3) is 3.06. The molecule has 4 N–H and O–H groups in total. The molecule has 0 saturated heterocycles. The molecular weight excluding hydrogens is 180 g/mol. The van der Waals surface area contributed by atoms with Gasteiger partial charge in [0.15, 0.2) is 0 Å². The minimum Gasteiger partial charge on any atom is -0.491 e. The SMILES string of the molecule is CC(O)COc1ccc(C(=N)N)cc1. The molecule has 0 aliphatic rings. The zero-order valence-corrected chi connectivity index (χ0v) is 8.03. The van der Waals surface area contributed by atoms with Gasteiger partial charge in [-0.05, 0) is 31.2 Å². The van der Waals surface area contributed by atoms with E-state index in [1.54, 1.807) is 31.2 Å². The molecule has 14 heavy (non-hydrogen) atoms. The van der Waals surface area contributed by atoms with Crippen LogP contribution in [0.4, 0.5) is 0 Å². The highest BCUT2D eigenvalue weighted by molar-refractivity contribution is 5.94. The first-order chi connectivity index (χ1) is 6.59. The summed E-state index contributed by atoms with van der Waals surface area (Å²) in [5.74, 6) is 0.697. The summed E-state index contributed by atoms with van der Waals surface area (Å²) in [5, 5.41) is 16.2. The molecule has 0 radical (unpaired) electrons. The lowest BCUT2D eigenvalue weighted by Gasteiger charge is -2.08. The molecule has 1 unspecified atom stereocenters. The van der Waals surface area contributed by atoms with Crippen molar-refractivity contribution in [1.29, 1.82) is 5.41 Å². The first kappa shape index (κ1) is 10.5. The van der Waals surface area contributed by atoms with Crippen LogP contribution in [0.2, 0.25) is 0 Å². The van der Waals surface area contributed by atoms with Gasteiger partial charge in [-0.25, -0.2) is 0 Å². The van der Waals surface area contributed by atoms with Crippen LogP contribution >= 0.6 is 0 Å². The molecule has 1 aromatic carbocycles. The van der Waals surface area contributed by atoms with E-state index in [1.165, 1.54) is 0 Å². The van der Waals surface area contributed by atoms with Gasteiger partial charge < -0.3 is 15.6 Å². The Hall–Kier alpha value is -1.55. The van der Waals surface area contributed by atoms with Gasteiger partial charge in [0.2, 0.25) is 0 Å². The van der Waals surface area contributed by atoms with E-state index in [9.17, 15) is 0 Å². The number of ether oxygens (including phenoxy) is 1. The number of hydrogen-bond donors (Lipinski definition) is 3. The van der Waals surface area contributed by atoms with Gasteiger partial charge in [0, 0.05) is 5.56 Å². The molecule has 0 heterocycles. The van der Waals surface area contributed by atoms with Crippen molar-refractivity contribution in [2.75, 3.05) is 6.61 Å². The van der Waals surface area contributed by atoms with E-state index in [4.69, 9.17) is 21.0 Å². The molecule has 0 aromatic heterocycles. The zero-order valence-electron chi connectivity index (χ0n) is 8.03. The standard InChI is InChI=1S/C10H14N2O2/c1-7(13)6-14-9-4-2-8(3-5-9)10(11)12/h2-5,7,13H,6H2,1H3,(H3,11,12). The molecule has 0 spiro atoms. The summed E-state index contributed by atoms with van der Waals surface area (Å²) in [5.41, 5.74) is 5.95. The van der Waals surface area contributed by atoms with Crippen LogP contribution in [0.1, 0.15) is 12.5 Å². The number of nitrogen functional groups attached to an aromatic ring is 1. The maximum Gasteiger partial charge on any atom is 0.122 e. The highest BCUT2D eigenvalue weighted by atomic mass is 16.5. The van der Waals surface area contributed by atoms with Gasteiger partial charge >= 0.3 is 0 Å². The lowest BCUT2D eigenvalue weighted by molar-refractivity contribution is 0.123. The Labute approximate surface area is 82.8 Å². The van der Waals surface area contributed by atoms with Crippen LogP contribution in [0, 0.1) is 5.41 Å². The number of nitrogens with two attached hydrogens (primary N) is 1.